The molecule has 3 rings (SSSR count). The van der Waals surface area contributed by atoms with Crippen molar-refractivity contribution in [1.82, 2.24) is 0 Å². The average molecular weight is 343 g/mol. The number of carbonyl (C=O) groups excluding carboxylic acids is 2. The SMILES string of the molecule is CCCC(=O)c1cc(-c2sc3ccccc3c2CC(N)=O)cs1. The number of ketones is 1. The first kappa shape index (κ1) is 15.9. The molecule has 0 atom stereocenters. The first-order chi connectivity index (χ1) is 11.1. The van der Waals surface area contributed by atoms with Gasteiger partial charge in [0.15, 0.2) is 5.78 Å². The van der Waals surface area contributed by atoms with Crippen LogP contribution in [0.5, 0.6) is 0 Å². The minimum Gasteiger partial charge on any atom is -0.369 e. The lowest BCUT2D eigenvalue weighted by atomic mass is 10.0. The lowest BCUT2D eigenvalue weighted by molar-refractivity contribution is -0.117. The van der Waals surface area contributed by atoms with Crippen molar-refractivity contribution in [3.05, 3.63) is 46.2 Å². The highest BCUT2D eigenvalue weighted by atomic mass is 32.1. The molecule has 0 saturated heterocycles. The highest BCUT2D eigenvalue weighted by Crippen LogP contribution is 2.40. The van der Waals surface area contributed by atoms with Crippen LogP contribution in [0.2, 0.25) is 0 Å². The molecule has 0 aliphatic heterocycles. The Kier molecular flexibility index (Phi) is 4.59. The summed E-state index contributed by atoms with van der Waals surface area (Å²) in [6.45, 7) is 2.00. The summed E-state index contributed by atoms with van der Waals surface area (Å²) in [5.41, 5.74) is 7.40. The number of benzene rings is 1. The molecule has 2 N–H and O–H groups in total. The van der Waals surface area contributed by atoms with Gasteiger partial charge in [0.05, 0.1) is 11.3 Å². The van der Waals surface area contributed by atoms with E-state index >= 15 is 0 Å². The van der Waals surface area contributed by atoms with Crippen LogP contribution in [0.3, 0.4) is 0 Å². The van der Waals surface area contributed by atoms with Gasteiger partial charge in [0.25, 0.3) is 0 Å². The van der Waals surface area contributed by atoms with E-state index in [-0.39, 0.29) is 18.1 Å². The van der Waals surface area contributed by atoms with Gasteiger partial charge in [-0.2, -0.15) is 0 Å². The number of thiophene rings is 2. The second kappa shape index (κ2) is 6.64. The van der Waals surface area contributed by atoms with Crippen LogP contribution in [-0.2, 0) is 11.2 Å². The van der Waals surface area contributed by atoms with Crippen molar-refractivity contribution in [1.29, 1.82) is 0 Å². The number of rotatable bonds is 6. The van der Waals surface area contributed by atoms with Gasteiger partial charge in [-0.05, 0) is 29.5 Å². The van der Waals surface area contributed by atoms with Crippen molar-refractivity contribution < 1.29 is 9.59 Å². The van der Waals surface area contributed by atoms with E-state index in [4.69, 9.17) is 5.73 Å². The lowest BCUT2D eigenvalue weighted by Gasteiger charge is -2.00. The Hall–Kier alpha value is -1.98. The smallest absolute Gasteiger partial charge is 0.221 e. The van der Waals surface area contributed by atoms with Crippen molar-refractivity contribution >= 4 is 44.5 Å². The summed E-state index contributed by atoms with van der Waals surface area (Å²) >= 11 is 3.12. The summed E-state index contributed by atoms with van der Waals surface area (Å²) in [4.78, 5) is 25.4. The quantitative estimate of drug-likeness (QED) is 0.663. The topological polar surface area (TPSA) is 60.2 Å². The molecule has 3 nitrogen and oxygen atoms in total. The minimum absolute atomic E-state index is 0.182. The number of fused-ring (bicyclic) bond motifs is 1. The third-order valence-electron chi connectivity index (χ3n) is 3.66. The van der Waals surface area contributed by atoms with Gasteiger partial charge in [0.2, 0.25) is 5.91 Å². The van der Waals surface area contributed by atoms with Gasteiger partial charge >= 0.3 is 0 Å². The number of amides is 1. The van der Waals surface area contributed by atoms with Gasteiger partial charge in [-0.15, -0.1) is 22.7 Å². The summed E-state index contributed by atoms with van der Waals surface area (Å²) < 4.78 is 1.13. The van der Waals surface area contributed by atoms with E-state index < -0.39 is 0 Å². The predicted molar refractivity (Wildman–Crippen MR) is 97.3 cm³/mol. The van der Waals surface area contributed by atoms with E-state index in [1.807, 2.05) is 42.6 Å². The summed E-state index contributed by atoms with van der Waals surface area (Å²) in [6.07, 6.45) is 1.63. The lowest BCUT2D eigenvalue weighted by Crippen LogP contribution is -2.13. The Bertz CT molecular complexity index is 876. The second-order valence-electron chi connectivity index (χ2n) is 5.42. The molecule has 1 amide bonds. The molecular weight excluding hydrogens is 326 g/mol. The van der Waals surface area contributed by atoms with Crippen molar-refractivity contribution in [3.63, 3.8) is 0 Å². The maximum Gasteiger partial charge on any atom is 0.221 e. The highest BCUT2D eigenvalue weighted by molar-refractivity contribution is 7.23. The minimum atomic E-state index is -0.340. The third-order valence-corrected chi connectivity index (χ3v) is 5.90. The molecule has 0 unspecified atom stereocenters. The first-order valence-corrected chi connectivity index (χ1v) is 9.20. The van der Waals surface area contributed by atoms with Gasteiger partial charge in [0.1, 0.15) is 0 Å². The molecule has 118 valence electrons. The molecule has 0 saturated carbocycles. The molecule has 0 aliphatic carbocycles. The van der Waals surface area contributed by atoms with Crippen LogP contribution >= 0.6 is 22.7 Å². The normalized spacial score (nSPS) is 11.0. The zero-order valence-corrected chi connectivity index (χ0v) is 14.4. The van der Waals surface area contributed by atoms with Gasteiger partial charge < -0.3 is 5.73 Å². The van der Waals surface area contributed by atoms with E-state index in [1.54, 1.807) is 11.3 Å². The highest BCUT2D eigenvalue weighted by Gasteiger charge is 2.17. The van der Waals surface area contributed by atoms with Crippen LogP contribution in [0.15, 0.2) is 35.7 Å². The van der Waals surface area contributed by atoms with Crippen LogP contribution in [0.1, 0.15) is 35.0 Å². The second-order valence-corrected chi connectivity index (χ2v) is 7.39. The molecule has 5 heteroatoms. The maximum absolute atomic E-state index is 12.1. The standard InChI is InChI=1S/C18H17NO2S2/c1-2-5-14(20)16-8-11(10-22-16)18-13(9-17(19)21)12-6-3-4-7-15(12)23-18/h3-4,6-8,10H,2,5,9H2,1H3,(H2,19,21). The number of carbonyl (C=O) groups is 2. The fourth-order valence-electron chi connectivity index (χ4n) is 2.63. The fourth-order valence-corrected chi connectivity index (χ4v) is 4.79. The summed E-state index contributed by atoms with van der Waals surface area (Å²) in [5, 5.41) is 3.07. The largest absolute Gasteiger partial charge is 0.369 e. The van der Waals surface area contributed by atoms with Crippen LogP contribution in [-0.4, -0.2) is 11.7 Å². The molecule has 23 heavy (non-hydrogen) atoms. The molecule has 0 spiro atoms. The Balaban J connectivity index is 2.08. The van der Waals surface area contributed by atoms with Crippen LogP contribution in [0.25, 0.3) is 20.5 Å². The molecule has 3 aromatic rings. The number of nitrogens with two attached hydrogens (primary N) is 1. The monoisotopic (exact) mass is 343 g/mol. The molecule has 1 aromatic carbocycles. The van der Waals surface area contributed by atoms with Crippen LogP contribution in [0, 0.1) is 0 Å². The third kappa shape index (κ3) is 3.21. The maximum atomic E-state index is 12.1. The van der Waals surface area contributed by atoms with Gasteiger partial charge in [0, 0.05) is 26.9 Å². The fraction of sp³-hybridized carbons (Fsp3) is 0.222. The first-order valence-electron chi connectivity index (χ1n) is 7.51. The number of Topliss-reactive ketones (excluding diaryl/α,β-unsaturated/α-hetero) is 1. The summed E-state index contributed by atoms with van der Waals surface area (Å²) in [5.74, 6) is -0.159. The molecule has 2 heterocycles. The zero-order valence-electron chi connectivity index (χ0n) is 12.8. The van der Waals surface area contributed by atoms with E-state index in [9.17, 15) is 9.59 Å². The van der Waals surface area contributed by atoms with E-state index in [0.29, 0.717) is 6.42 Å². The summed E-state index contributed by atoms with van der Waals surface area (Å²) in [7, 11) is 0. The van der Waals surface area contributed by atoms with Crippen molar-refractivity contribution in [2.45, 2.75) is 26.2 Å². The average Bonchev–Trinajstić information content (AvgIpc) is 3.12. The van der Waals surface area contributed by atoms with Gasteiger partial charge in [-0.1, -0.05) is 25.1 Å². The zero-order chi connectivity index (χ0) is 16.4. The van der Waals surface area contributed by atoms with Crippen molar-refractivity contribution in [2.75, 3.05) is 0 Å². The van der Waals surface area contributed by atoms with Crippen molar-refractivity contribution in [3.8, 4) is 10.4 Å². The van der Waals surface area contributed by atoms with E-state index in [1.165, 1.54) is 11.3 Å². The molecule has 2 aromatic heterocycles. The molecule has 0 fully saturated rings. The van der Waals surface area contributed by atoms with Crippen LogP contribution < -0.4 is 5.73 Å². The molecule has 0 aliphatic rings. The Labute approximate surface area is 142 Å². The van der Waals surface area contributed by atoms with Crippen LogP contribution in [0.4, 0.5) is 0 Å². The number of primary amides is 1. The van der Waals surface area contributed by atoms with Crippen molar-refractivity contribution in [2.24, 2.45) is 5.73 Å². The number of hydrogen-bond donors (Lipinski definition) is 1. The van der Waals surface area contributed by atoms with E-state index in [2.05, 4.69) is 0 Å². The Morgan fingerprint density at radius 3 is 2.74 bits per heavy atom. The van der Waals surface area contributed by atoms with Gasteiger partial charge in [-0.3, -0.25) is 9.59 Å². The summed E-state index contributed by atoms with van der Waals surface area (Å²) in [6, 6.07) is 9.96. The Morgan fingerprint density at radius 1 is 1.22 bits per heavy atom. The molecular formula is C18H17NO2S2. The van der Waals surface area contributed by atoms with E-state index in [0.717, 1.165) is 37.4 Å². The Morgan fingerprint density at radius 2 is 2.00 bits per heavy atom. The molecule has 0 radical (unpaired) electrons. The predicted octanol–water partition coefficient (Wildman–Crippen LogP) is 4.64. The van der Waals surface area contributed by atoms with Gasteiger partial charge in [-0.25, -0.2) is 0 Å². The number of hydrogen-bond acceptors (Lipinski definition) is 4. The molecule has 0 bridgehead atoms.